The van der Waals surface area contributed by atoms with Gasteiger partial charge in [0.1, 0.15) is 0 Å². The number of aliphatic carboxylic acids is 1. The molecule has 0 unspecified atom stereocenters. The summed E-state index contributed by atoms with van der Waals surface area (Å²) < 4.78 is 16.0. The highest BCUT2D eigenvalue weighted by Gasteiger charge is 2.55. The van der Waals surface area contributed by atoms with Crippen molar-refractivity contribution in [2.24, 2.45) is 11.8 Å². The zero-order valence-corrected chi connectivity index (χ0v) is 15.0. The Bertz CT molecular complexity index is 924. The summed E-state index contributed by atoms with van der Waals surface area (Å²) in [5.74, 6) is -2.91. The molecule has 0 aliphatic carbocycles. The van der Waals surface area contributed by atoms with Gasteiger partial charge in [-0.1, -0.05) is 0 Å². The highest BCUT2D eigenvalue weighted by atomic mass is 16.6. The van der Waals surface area contributed by atoms with Crippen molar-refractivity contribution in [2.75, 3.05) is 36.5 Å². The minimum absolute atomic E-state index is 0.357. The molecule has 10 heteroatoms. The van der Waals surface area contributed by atoms with E-state index in [-0.39, 0.29) is 12.0 Å². The van der Waals surface area contributed by atoms with Crippen LogP contribution in [0.1, 0.15) is 12.8 Å². The van der Waals surface area contributed by atoms with Crippen LogP contribution in [0.15, 0.2) is 16.8 Å². The summed E-state index contributed by atoms with van der Waals surface area (Å²) in [5, 5.41) is 20.3. The number of benzene rings is 1. The van der Waals surface area contributed by atoms with Crippen LogP contribution >= 0.6 is 0 Å². The van der Waals surface area contributed by atoms with Gasteiger partial charge in [-0.15, -0.1) is 0 Å². The van der Waals surface area contributed by atoms with Gasteiger partial charge in [0.25, 0.3) is 0 Å². The molecule has 1 amide bonds. The molecule has 1 aromatic heterocycles. The molecule has 28 heavy (non-hydrogen) atoms. The molecule has 3 saturated heterocycles. The number of morpholine rings is 1. The molecule has 0 radical (unpaired) electrons. The van der Waals surface area contributed by atoms with Crippen molar-refractivity contribution in [3.8, 4) is 0 Å². The maximum absolute atomic E-state index is 12.9. The number of amides is 1. The number of carbonyl (C=O) groups excluding carboxylic acids is 1. The average molecular weight is 388 g/mol. The highest BCUT2D eigenvalue weighted by Crippen LogP contribution is 2.44. The number of anilines is 2. The van der Waals surface area contributed by atoms with Crippen LogP contribution in [0.4, 0.5) is 11.4 Å². The Labute approximate surface area is 159 Å². The van der Waals surface area contributed by atoms with Gasteiger partial charge in [-0.2, -0.15) is 0 Å². The van der Waals surface area contributed by atoms with Gasteiger partial charge in [-0.3, -0.25) is 9.59 Å². The zero-order chi connectivity index (χ0) is 19.3. The van der Waals surface area contributed by atoms with E-state index in [0.717, 1.165) is 18.8 Å². The van der Waals surface area contributed by atoms with E-state index in [1.165, 1.54) is 0 Å². The van der Waals surface area contributed by atoms with Crippen LogP contribution in [0.5, 0.6) is 0 Å². The van der Waals surface area contributed by atoms with E-state index >= 15 is 0 Å². The first-order chi connectivity index (χ1) is 13.6. The first-order valence-corrected chi connectivity index (χ1v) is 9.40. The van der Waals surface area contributed by atoms with Crippen molar-refractivity contribution >= 4 is 34.3 Å². The lowest BCUT2D eigenvalue weighted by Crippen LogP contribution is -2.41. The first-order valence-electron chi connectivity index (χ1n) is 9.40. The average Bonchev–Trinajstić information content (AvgIpc) is 3.44. The molecule has 148 valence electrons. The van der Waals surface area contributed by atoms with Crippen LogP contribution in [0.25, 0.3) is 11.0 Å². The van der Waals surface area contributed by atoms with Gasteiger partial charge >= 0.3 is 5.97 Å². The quantitative estimate of drug-likeness (QED) is 0.784. The van der Waals surface area contributed by atoms with Crippen molar-refractivity contribution in [2.45, 2.75) is 25.0 Å². The Hall–Kier alpha value is -2.72. The fraction of sp³-hybridized carbons (Fsp3) is 0.556. The Kier molecular flexibility index (Phi) is 4.17. The maximum Gasteiger partial charge on any atom is 0.310 e. The third kappa shape index (κ3) is 2.71. The largest absolute Gasteiger partial charge is 0.481 e. The number of hydrogen-bond acceptors (Lipinski definition) is 8. The van der Waals surface area contributed by atoms with Crippen LogP contribution < -0.4 is 10.2 Å². The summed E-state index contributed by atoms with van der Waals surface area (Å²) in [7, 11) is 0. The lowest BCUT2D eigenvalue weighted by atomic mass is 9.78. The SMILES string of the molecule is O=C(Nc1ccc(N2CCOCC2)c2nonc12)[C@@H]1[C@H](C(=O)O)[C@@H]2CC[C@H]1O2. The summed E-state index contributed by atoms with van der Waals surface area (Å²) in [6.07, 6.45) is 0.626. The monoisotopic (exact) mass is 388 g/mol. The van der Waals surface area contributed by atoms with E-state index in [1.54, 1.807) is 6.07 Å². The van der Waals surface area contributed by atoms with Crippen LogP contribution in [-0.2, 0) is 19.1 Å². The molecule has 2 aromatic rings. The number of hydrogen-bond donors (Lipinski definition) is 2. The Balaban J connectivity index is 1.42. The van der Waals surface area contributed by atoms with Crippen LogP contribution in [0, 0.1) is 11.8 Å². The molecule has 3 fully saturated rings. The van der Waals surface area contributed by atoms with E-state index in [2.05, 4.69) is 20.5 Å². The second kappa shape index (κ2) is 6.71. The third-order valence-electron chi connectivity index (χ3n) is 5.86. The summed E-state index contributed by atoms with van der Waals surface area (Å²) in [6, 6.07) is 3.61. The molecular formula is C18H20N4O6. The van der Waals surface area contributed by atoms with E-state index in [0.29, 0.717) is 42.8 Å². The number of nitrogens with one attached hydrogen (secondary N) is 1. The van der Waals surface area contributed by atoms with Gasteiger partial charge in [-0.25, -0.2) is 4.63 Å². The normalized spacial score (nSPS) is 29.4. The lowest BCUT2D eigenvalue weighted by molar-refractivity contribution is -0.147. The number of fused-ring (bicyclic) bond motifs is 3. The smallest absolute Gasteiger partial charge is 0.310 e. The van der Waals surface area contributed by atoms with Gasteiger partial charge < -0.3 is 24.8 Å². The van der Waals surface area contributed by atoms with Crippen molar-refractivity contribution in [3.63, 3.8) is 0 Å². The summed E-state index contributed by atoms with van der Waals surface area (Å²) in [6.45, 7) is 2.73. The van der Waals surface area contributed by atoms with Crippen molar-refractivity contribution in [1.82, 2.24) is 10.3 Å². The molecule has 4 heterocycles. The topological polar surface area (TPSA) is 127 Å². The minimum Gasteiger partial charge on any atom is -0.481 e. The van der Waals surface area contributed by atoms with Crippen molar-refractivity contribution in [1.29, 1.82) is 0 Å². The van der Waals surface area contributed by atoms with Gasteiger partial charge in [-0.05, 0) is 35.3 Å². The molecule has 10 nitrogen and oxygen atoms in total. The lowest BCUT2D eigenvalue weighted by Gasteiger charge is -2.29. The molecule has 3 aliphatic heterocycles. The first kappa shape index (κ1) is 17.4. The van der Waals surface area contributed by atoms with Crippen LogP contribution in [0.2, 0.25) is 0 Å². The predicted octanol–water partition coefficient (Wildman–Crippen LogP) is 0.876. The van der Waals surface area contributed by atoms with E-state index < -0.39 is 23.9 Å². The molecule has 4 atom stereocenters. The predicted molar refractivity (Wildman–Crippen MR) is 96.0 cm³/mol. The van der Waals surface area contributed by atoms with Gasteiger partial charge in [0, 0.05) is 13.1 Å². The molecule has 1 aromatic carbocycles. The number of carboxylic acids is 1. The third-order valence-corrected chi connectivity index (χ3v) is 5.86. The molecular weight excluding hydrogens is 368 g/mol. The molecule has 0 spiro atoms. The fourth-order valence-corrected chi connectivity index (χ4v) is 4.55. The Morgan fingerprint density at radius 2 is 1.79 bits per heavy atom. The van der Waals surface area contributed by atoms with Crippen molar-refractivity contribution in [3.05, 3.63) is 12.1 Å². The fourth-order valence-electron chi connectivity index (χ4n) is 4.55. The summed E-state index contributed by atoms with van der Waals surface area (Å²) in [4.78, 5) is 26.7. The Morgan fingerprint density at radius 3 is 2.54 bits per heavy atom. The minimum atomic E-state index is -0.997. The summed E-state index contributed by atoms with van der Waals surface area (Å²) >= 11 is 0. The molecule has 5 rings (SSSR count). The molecule has 2 N–H and O–H groups in total. The Morgan fingerprint density at radius 1 is 1.07 bits per heavy atom. The number of carboxylic acid groups (broad SMARTS) is 1. The highest BCUT2D eigenvalue weighted by molar-refractivity contribution is 6.04. The number of carbonyl (C=O) groups is 2. The van der Waals surface area contributed by atoms with Crippen LogP contribution in [0.3, 0.4) is 0 Å². The number of rotatable bonds is 4. The maximum atomic E-state index is 12.9. The number of nitrogens with zero attached hydrogens (tertiary/aromatic N) is 3. The van der Waals surface area contributed by atoms with E-state index in [9.17, 15) is 14.7 Å². The summed E-state index contributed by atoms with van der Waals surface area (Å²) in [5.41, 5.74) is 2.31. The van der Waals surface area contributed by atoms with Gasteiger partial charge in [0.05, 0.1) is 48.6 Å². The number of ether oxygens (including phenoxy) is 2. The van der Waals surface area contributed by atoms with E-state index in [1.807, 2.05) is 6.07 Å². The van der Waals surface area contributed by atoms with Gasteiger partial charge in [0.2, 0.25) is 5.91 Å². The molecule has 0 saturated carbocycles. The van der Waals surface area contributed by atoms with Gasteiger partial charge in [0.15, 0.2) is 11.0 Å². The van der Waals surface area contributed by atoms with Crippen LogP contribution in [-0.4, -0.2) is 65.8 Å². The molecule has 2 bridgehead atoms. The zero-order valence-electron chi connectivity index (χ0n) is 15.0. The number of aromatic nitrogens is 2. The molecule has 3 aliphatic rings. The standard InChI is InChI=1S/C18H20N4O6/c23-17(13-11-3-4-12(27-11)14(13)18(24)25)19-9-1-2-10(16-15(9)20-28-21-16)22-5-7-26-8-6-22/h1-2,11-14H,3-8H2,(H,19,23)(H,24,25)/t11-,12+,13+,14-/m1/s1. The van der Waals surface area contributed by atoms with Crippen molar-refractivity contribution < 1.29 is 28.8 Å². The second-order valence-corrected chi connectivity index (χ2v) is 7.36. The second-order valence-electron chi connectivity index (χ2n) is 7.36. The van der Waals surface area contributed by atoms with E-state index in [4.69, 9.17) is 14.1 Å².